The fraction of sp³-hybridized carbons (Fsp3) is 0.333. The van der Waals surface area contributed by atoms with Crippen LogP contribution in [0.5, 0.6) is 0 Å². The summed E-state index contributed by atoms with van der Waals surface area (Å²) in [6, 6.07) is 0. The molecule has 48 valence electrons. The molecule has 0 spiro atoms. The molecular weight excluding hydrogens is 136 g/mol. The Morgan fingerprint density at radius 2 is 1.67 bits per heavy atom. The van der Waals surface area contributed by atoms with Gasteiger partial charge >= 0.3 is 0 Å². The van der Waals surface area contributed by atoms with E-state index < -0.39 is 0 Å². The number of aryl methyl sites for hydroxylation is 2. The molecule has 9 heavy (non-hydrogen) atoms. The van der Waals surface area contributed by atoms with Gasteiger partial charge in [-0.15, -0.1) is 0 Å². The maximum absolute atomic E-state index is 5.75. The van der Waals surface area contributed by atoms with E-state index in [2.05, 4.69) is 9.97 Å². The zero-order valence-electron chi connectivity index (χ0n) is 5.35. The van der Waals surface area contributed by atoms with E-state index in [0.29, 0.717) is 5.02 Å². The van der Waals surface area contributed by atoms with Gasteiger partial charge in [-0.25, -0.2) is 9.97 Å². The third kappa shape index (κ3) is 1.19. The minimum atomic E-state index is 0.664. The first-order valence-electron chi connectivity index (χ1n) is 2.65. The van der Waals surface area contributed by atoms with E-state index in [4.69, 9.17) is 11.6 Å². The molecule has 0 bridgehead atoms. The van der Waals surface area contributed by atoms with Crippen molar-refractivity contribution in [3.8, 4) is 0 Å². The van der Waals surface area contributed by atoms with Crippen molar-refractivity contribution in [3.05, 3.63) is 22.7 Å². The van der Waals surface area contributed by atoms with Crippen LogP contribution in [0.1, 0.15) is 11.4 Å². The van der Waals surface area contributed by atoms with Gasteiger partial charge in [-0.1, -0.05) is 11.6 Å². The van der Waals surface area contributed by atoms with Crippen LogP contribution in [0.25, 0.3) is 0 Å². The number of nitrogens with zero attached hydrogens (tertiary/aromatic N) is 2. The lowest BCUT2D eigenvalue weighted by molar-refractivity contribution is 1.05. The van der Waals surface area contributed by atoms with Crippen molar-refractivity contribution in [1.82, 2.24) is 9.97 Å². The minimum absolute atomic E-state index is 0.664. The molecule has 3 heteroatoms. The molecule has 0 aliphatic rings. The quantitative estimate of drug-likeness (QED) is 0.552. The molecule has 0 unspecified atom stereocenters. The van der Waals surface area contributed by atoms with E-state index >= 15 is 0 Å². The summed E-state index contributed by atoms with van der Waals surface area (Å²) >= 11 is 5.75. The van der Waals surface area contributed by atoms with E-state index in [9.17, 15) is 0 Å². The van der Waals surface area contributed by atoms with Crippen LogP contribution in [0.4, 0.5) is 0 Å². The third-order valence-corrected chi connectivity index (χ3v) is 1.69. The molecule has 0 amide bonds. The third-order valence-electron chi connectivity index (χ3n) is 1.14. The Morgan fingerprint density at radius 1 is 1.22 bits per heavy atom. The summed E-state index contributed by atoms with van der Waals surface area (Å²) < 4.78 is 0. The largest absolute Gasteiger partial charge is 0.240 e. The first-order chi connectivity index (χ1) is 4.22. The molecule has 0 saturated carbocycles. The number of hydrogen-bond acceptors (Lipinski definition) is 2. The fourth-order valence-corrected chi connectivity index (χ4v) is 0.675. The number of aromatic nitrogens is 2. The molecular formula is C6H7ClN2. The van der Waals surface area contributed by atoms with Crippen LogP contribution in [0.2, 0.25) is 5.02 Å². The zero-order valence-corrected chi connectivity index (χ0v) is 6.11. The highest BCUT2D eigenvalue weighted by molar-refractivity contribution is 6.31. The maximum Gasteiger partial charge on any atom is 0.116 e. The summed E-state index contributed by atoms with van der Waals surface area (Å²) in [6.07, 6.45) is 1.51. The van der Waals surface area contributed by atoms with Crippen molar-refractivity contribution in [1.29, 1.82) is 0 Å². The number of rotatable bonds is 0. The fourth-order valence-electron chi connectivity index (χ4n) is 0.577. The van der Waals surface area contributed by atoms with Gasteiger partial charge in [0, 0.05) is 0 Å². The Hall–Kier alpha value is -0.630. The lowest BCUT2D eigenvalue weighted by Crippen LogP contribution is -1.88. The van der Waals surface area contributed by atoms with Crippen LogP contribution in [0, 0.1) is 13.8 Å². The number of hydrogen-bond donors (Lipinski definition) is 0. The Balaban J connectivity index is 3.25. The average molecular weight is 143 g/mol. The first-order valence-corrected chi connectivity index (χ1v) is 3.03. The Morgan fingerprint density at radius 3 is 2.00 bits per heavy atom. The lowest BCUT2D eigenvalue weighted by Gasteiger charge is -1.96. The molecule has 1 rings (SSSR count). The van der Waals surface area contributed by atoms with Crippen LogP contribution in [0.15, 0.2) is 6.33 Å². The first kappa shape index (κ1) is 6.49. The monoisotopic (exact) mass is 142 g/mol. The van der Waals surface area contributed by atoms with Crippen LogP contribution in [-0.4, -0.2) is 9.97 Å². The molecule has 0 aliphatic heterocycles. The maximum atomic E-state index is 5.75. The molecule has 1 aromatic rings. The zero-order chi connectivity index (χ0) is 6.85. The summed E-state index contributed by atoms with van der Waals surface area (Å²) in [6.45, 7) is 3.72. The highest BCUT2D eigenvalue weighted by Gasteiger charge is 1.97. The van der Waals surface area contributed by atoms with E-state index in [1.165, 1.54) is 6.33 Å². The summed E-state index contributed by atoms with van der Waals surface area (Å²) in [7, 11) is 0. The molecule has 0 radical (unpaired) electrons. The van der Waals surface area contributed by atoms with Crippen LogP contribution in [-0.2, 0) is 0 Å². The Kier molecular flexibility index (Phi) is 1.67. The van der Waals surface area contributed by atoms with Crippen molar-refractivity contribution >= 4 is 11.6 Å². The normalized spacial score (nSPS) is 9.67. The van der Waals surface area contributed by atoms with Gasteiger partial charge in [0.05, 0.1) is 16.4 Å². The minimum Gasteiger partial charge on any atom is -0.240 e. The van der Waals surface area contributed by atoms with E-state index in [0.717, 1.165) is 11.4 Å². The summed E-state index contributed by atoms with van der Waals surface area (Å²) in [4.78, 5) is 7.79. The predicted octanol–water partition coefficient (Wildman–Crippen LogP) is 1.75. The van der Waals surface area contributed by atoms with Crippen molar-refractivity contribution < 1.29 is 0 Å². The van der Waals surface area contributed by atoms with Gasteiger partial charge in [0.1, 0.15) is 6.33 Å². The highest BCUT2D eigenvalue weighted by Crippen LogP contribution is 2.13. The second kappa shape index (κ2) is 2.31. The SMILES string of the molecule is Cc1ncnc(C)c1Cl. The Labute approximate surface area is 58.9 Å². The summed E-state index contributed by atoms with van der Waals surface area (Å²) in [5, 5.41) is 0.664. The van der Waals surface area contributed by atoms with E-state index in [1.54, 1.807) is 0 Å². The molecule has 2 nitrogen and oxygen atoms in total. The molecule has 1 heterocycles. The van der Waals surface area contributed by atoms with E-state index in [-0.39, 0.29) is 0 Å². The van der Waals surface area contributed by atoms with Crippen molar-refractivity contribution in [2.75, 3.05) is 0 Å². The smallest absolute Gasteiger partial charge is 0.116 e. The van der Waals surface area contributed by atoms with Crippen LogP contribution in [0.3, 0.4) is 0 Å². The van der Waals surface area contributed by atoms with Crippen LogP contribution < -0.4 is 0 Å². The lowest BCUT2D eigenvalue weighted by atomic mass is 10.4. The van der Waals surface area contributed by atoms with Crippen molar-refractivity contribution in [2.45, 2.75) is 13.8 Å². The van der Waals surface area contributed by atoms with Crippen molar-refractivity contribution in [3.63, 3.8) is 0 Å². The highest BCUT2D eigenvalue weighted by atomic mass is 35.5. The number of halogens is 1. The molecule has 0 atom stereocenters. The van der Waals surface area contributed by atoms with Gasteiger partial charge in [-0.05, 0) is 13.8 Å². The van der Waals surface area contributed by atoms with Gasteiger partial charge in [0.2, 0.25) is 0 Å². The van der Waals surface area contributed by atoms with Crippen LogP contribution >= 0.6 is 11.6 Å². The standard InChI is InChI=1S/C6H7ClN2/c1-4-6(7)5(2)9-3-8-4/h3H,1-2H3. The van der Waals surface area contributed by atoms with Crippen molar-refractivity contribution in [2.24, 2.45) is 0 Å². The van der Waals surface area contributed by atoms with Gasteiger partial charge in [0.25, 0.3) is 0 Å². The van der Waals surface area contributed by atoms with E-state index in [1.807, 2.05) is 13.8 Å². The molecule has 0 fully saturated rings. The molecule has 0 aromatic carbocycles. The molecule has 0 saturated heterocycles. The average Bonchev–Trinajstić information content (AvgIpc) is 1.83. The topological polar surface area (TPSA) is 25.8 Å². The second-order valence-electron chi connectivity index (χ2n) is 1.86. The molecule has 0 N–H and O–H groups in total. The summed E-state index contributed by atoms with van der Waals surface area (Å²) in [5.74, 6) is 0. The van der Waals surface area contributed by atoms with Gasteiger partial charge in [0.15, 0.2) is 0 Å². The summed E-state index contributed by atoms with van der Waals surface area (Å²) in [5.41, 5.74) is 1.67. The Bertz CT molecular complexity index is 202. The molecule has 0 aliphatic carbocycles. The molecule has 1 aromatic heterocycles. The van der Waals surface area contributed by atoms with Gasteiger partial charge in [-0.3, -0.25) is 0 Å². The van der Waals surface area contributed by atoms with Gasteiger partial charge in [-0.2, -0.15) is 0 Å². The van der Waals surface area contributed by atoms with Gasteiger partial charge < -0.3 is 0 Å². The second-order valence-corrected chi connectivity index (χ2v) is 2.24. The predicted molar refractivity (Wildman–Crippen MR) is 36.5 cm³/mol.